The number of alkyl halides is 4. The molecule has 0 spiro atoms. The van der Waals surface area contributed by atoms with Crippen molar-refractivity contribution >= 4 is 17.4 Å². The summed E-state index contributed by atoms with van der Waals surface area (Å²) in [6.07, 6.45) is -4.85. The predicted octanol–water partition coefficient (Wildman–Crippen LogP) is 3.41. The van der Waals surface area contributed by atoms with Gasteiger partial charge in [0.05, 0.1) is 12.5 Å². The highest BCUT2D eigenvalue weighted by molar-refractivity contribution is 6.30. The van der Waals surface area contributed by atoms with Crippen molar-refractivity contribution in [3.8, 4) is 11.5 Å². The highest BCUT2D eigenvalue weighted by Gasteiger charge is 2.32. The molecule has 1 aromatic carbocycles. The van der Waals surface area contributed by atoms with E-state index in [2.05, 4.69) is 4.74 Å². The minimum atomic E-state index is -4.85. The molecule has 1 aromatic rings. The smallest absolute Gasteiger partial charge is 0.490 e. The lowest BCUT2D eigenvalue weighted by molar-refractivity contribution is -0.275. The second-order valence-corrected chi connectivity index (χ2v) is 3.47. The Kier molecular flexibility index (Phi) is 4.84. The van der Waals surface area contributed by atoms with Crippen LogP contribution < -0.4 is 9.47 Å². The number of ketones is 1. The standard InChI is InChI=1S/C11H10ClF3O3/c1-2-17-9-4-3-7(8(16)6-12)5-10(9)18-11(13,14)15/h3-5H,2,6H2,1H3. The first-order valence-electron chi connectivity index (χ1n) is 4.99. The maximum atomic E-state index is 12.2. The van der Waals surface area contributed by atoms with Crippen molar-refractivity contribution in [2.24, 2.45) is 0 Å². The number of ether oxygens (including phenoxy) is 2. The van der Waals surface area contributed by atoms with Crippen molar-refractivity contribution in [3.63, 3.8) is 0 Å². The van der Waals surface area contributed by atoms with Gasteiger partial charge in [0.15, 0.2) is 17.3 Å². The molecule has 0 amide bonds. The lowest BCUT2D eigenvalue weighted by atomic mass is 10.1. The summed E-state index contributed by atoms with van der Waals surface area (Å²) >= 11 is 5.33. The van der Waals surface area contributed by atoms with Crippen LogP contribution in [0.2, 0.25) is 0 Å². The fourth-order valence-corrected chi connectivity index (χ4v) is 1.39. The molecule has 0 heterocycles. The van der Waals surface area contributed by atoms with Gasteiger partial charge in [0.1, 0.15) is 0 Å². The van der Waals surface area contributed by atoms with Gasteiger partial charge in [0.2, 0.25) is 0 Å². The van der Waals surface area contributed by atoms with E-state index in [9.17, 15) is 18.0 Å². The molecule has 7 heteroatoms. The van der Waals surface area contributed by atoms with Crippen molar-refractivity contribution in [3.05, 3.63) is 23.8 Å². The molecule has 0 saturated carbocycles. The van der Waals surface area contributed by atoms with E-state index >= 15 is 0 Å². The number of halogens is 4. The fraction of sp³-hybridized carbons (Fsp3) is 0.364. The first-order valence-corrected chi connectivity index (χ1v) is 5.52. The number of carbonyl (C=O) groups excluding carboxylic acids is 1. The van der Waals surface area contributed by atoms with Crippen molar-refractivity contribution in [2.45, 2.75) is 13.3 Å². The summed E-state index contributed by atoms with van der Waals surface area (Å²) in [5.41, 5.74) is 0.0349. The van der Waals surface area contributed by atoms with E-state index in [1.165, 1.54) is 12.1 Å². The van der Waals surface area contributed by atoms with Gasteiger partial charge >= 0.3 is 6.36 Å². The molecule has 0 aromatic heterocycles. The summed E-state index contributed by atoms with van der Waals surface area (Å²) in [6.45, 7) is 1.80. The molecular weight excluding hydrogens is 273 g/mol. The van der Waals surface area contributed by atoms with Gasteiger partial charge in [-0.25, -0.2) is 0 Å². The van der Waals surface area contributed by atoms with E-state index in [0.717, 1.165) is 6.07 Å². The molecule has 0 radical (unpaired) electrons. The first kappa shape index (κ1) is 14.6. The fourth-order valence-electron chi connectivity index (χ4n) is 1.24. The molecule has 3 nitrogen and oxygen atoms in total. The zero-order valence-electron chi connectivity index (χ0n) is 9.38. The average Bonchev–Trinajstić information content (AvgIpc) is 2.28. The van der Waals surface area contributed by atoms with Gasteiger partial charge in [-0.2, -0.15) is 0 Å². The summed E-state index contributed by atoms with van der Waals surface area (Å²) in [4.78, 5) is 11.3. The molecule has 0 aliphatic heterocycles. The minimum Gasteiger partial charge on any atom is -0.490 e. The van der Waals surface area contributed by atoms with Crippen LogP contribution in [0.1, 0.15) is 17.3 Å². The summed E-state index contributed by atoms with van der Waals surface area (Å²) < 4.78 is 45.3. The van der Waals surface area contributed by atoms with Gasteiger partial charge in [-0.1, -0.05) is 0 Å². The highest BCUT2D eigenvalue weighted by Crippen LogP contribution is 2.33. The summed E-state index contributed by atoms with van der Waals surface area (Å²) in [5, 5.41) is 0. The van der Waals surface area contributed by atoms with E-state index in [0.29, 0.717) is 0 Å². The van der Waals surface area contributed by atoms with Gasteiger partial charge in [0.25, 0.3) is 0 Å². The third kappa shape index (κ3) is 4.10. The number of hydrogen-bond donors (Lipinski definition) is 0. The van der Waals surface area contributed by atoms with Crippen LogP contribution >= 0.6 is 11.6 Å². The zero-order valence-corrected chi connectivity index (χ0v) is 10.1. The largest absolute Gasteiger partial charge is 0.573 e. The van der Waals surface area contributed by atoms with Crippen LogP contribution in [-0.4, -0.2) is 24.6 Å². The summed E-state index contributed by atoms with van der Waals surface area (Å²) in [5.74, 6) is -1.45. The van der Waals surface area contributed by atoms with Crippen LogP contribution in [0.15, 0.2) is 18.2 Å². The Morgan fingerprint density at radius 2 is 2.00 bits per heavy atom. The molecule has 0 unspecified atom stereocenters. The van der Waals surface area contributed by atoms with Crippen molar-refractivity contribution < 1.29 is 27.4 Å². The number of benzene rings is 1. The van der Waals surface area contributed by atoms with Gasteiger partial charge in [-0.15, -0.1) is 24.8 Å². The molecule has 18 heavy (non-hydrogen) atoms. The molecule has 0 atom stereocenters. The van der Waals surface area contributed by atoms with Gasteiger partial charge in [-0.3, -0.25) is 4.79 Å². The third-order valence-electron chi connectivity index (χ3n) is 1.91. The van der Waals surface area contributed by atoms with Crippen LogP contribution in [0.3, 0.4) is 0 Å². The monoisotopic (exact) mass is 282 g/mol. The Hall–Kier alpha value is -1.43. The van der Waals surface area contributed by atoms with E-state index in [-0.39, 0.29) is 23.8 Å². The lowest BCUT2D eigenvalue weighted by Gasteiger charge is -2.14. The number of rotatable bonds is 5. The molecular formula is C11H10ClF3O3. The van der Waals surface area contributed by atoms with Crippen LogP contribution in [0, 0.1) is 0 Å². The molecule has 0 N–H and O–H groups in total. The molecule has 100 valence electrons. The normalized spacial score (nSPS) is 11.2. The quantitative estimate of drug-likeness (QED) is 0.613. The second-order valence-electron chi connectivity index (χ2n) is 3.20. The number of hydrogen-bond acceptors (Lipinski definition) is 3. The zero-order chi connectivity index (χ0) is 13.8. The SMILES string of the molecule is CCOc1ccc(C(=O)CCl)cc1OC(F)(F)F. The Labute approximate surface area is 106 Å². The molecule has 0 aliphatic carbocycles. The number of Topliss-reactive ketones (excluding diaryl/α,β-unsaturated/α-hetero) is 1. The molecule has 1 rings (SSSR count). The van der Waals surface area contributed by atoms with Gasteiger partial charge < -0.3 is 9.47 Å². The van der Waals surface area contributed by atoms with E-state index in [4.69, 9.17) is 16.3 Å². The Bertz CT molecular complexity index is 432. The number of carbonyl (C=O) groups is 1. The first-order chi connectivity index (χ1) is 8.37. The molecule has 0 fully saturated rings. The molecule has 0 saturated heterocycles. The van der Waals surface area contributed by atoms with Crippen LogP contribution in [0.25, 0.3) is 0 Å². The molecule has 0 bridgehead atoms. The van der Waals surface area contributed by atoms with Crippen LogP contribution in [-0.2, 0) is 0 Å². The second kappa shape index (κ2) is 5.95. The van der Waals surface area contributed by atoms with E-state index in [1.54, 1.807) is 6.92 Å². The molecule has 0 aliphatic rings. The third-order valence-corrected chi connectivity index (χ3v) is 2.16. The summed E-state index contributed by atoms with van der Waals surface area (Å²) in [7, 11) is 0. The Morgan fingerprint density at radius 1 is 1.33 bits per heavy atom. The van der Waals surface area contributed by atoms with Crippen LogP contribution in [0.4, 0.5) is 13.2 Å². The summed E-state index contributed by atoms with van der Waals surface area (Å²) in [6, 6.07) is 3.53. The topological polar surface area (TPSA) is 35.5 Å². The van der Waals surface area contributed by atoms with Crippen molar-refractivity contribution in [1.29, 1.82) is 0 Å². The minimum absolute atomic E-state index is 0.0349. The van der Waals surface area contributed by atoms with Crippen molar-refractivity contribution in [2.75, 3.05) is 12.5 Å². The van der Waals surface area contributed by atoms with Crippen molar-refractivity contribution in [1.82, 2.24) is 0 Å². The lowest BCUT2D eigenvalue weighted by Crippen LogP contribution is -2.18. The van der Waals surface area contributed by atoms with E-state index in [1.807, 2.05) is 0 Å². The Balaban J connectivity index is 3.11. The maximum Gasteiger partial charge on any atom is 0.573 e. The van der Waals surface area contributed by atoms with E-state index < -0.39 is 17.9 Å². The maximum absolute atomic E-state index is 12.2. The van der Waals surface area contributed by atoms with Gasteiger partial charge in [0, 0.05) is 5.56 Å². The predicted molar refractivity (Wildman–Crippen MR) is 59.3 cm³/mol. The Morgan fingerprint density at radius 3 is 2.50 bits per heavy atom. The highest BCUT2D eigenvalue weighted by atomic mass is 35.5. The van der Waals surface area contributed by atoms with Gasteiger partial charge in [-0.05, 0) is 25.1 Å². The average molecular weight is 283 g/mol. The van der Waals surface area contributed by atoms with Crippen LogP contribution in [0.5, 0.6) is 11.5 Å².